The van der Waals surface area contributed by atoms with Crippen molar-refractivity contribution in [3.8, 4) is 6.07 Å². The fourth-order valence-corrected chi connectivity index (χ4v) is 3.10. The second-order valence-electron chi connectivity index (χ2n) is 5.62. The Hall–Kier alpha value is -0.550. The highest BCUT2D eigenvalue weighted by Crippen LogP contribution is 2.60. The Kier molecular flexibility index (Phi) is 1.58. The monoisotopic (exact) mass is 178 g/mol. The van der Waals surface area contributed by atoms with Gasteiger partial charge in [0.1, 0.15) is 0 Å². The molecule has 0 aromatic carbocycles. The number of nitriles is 1. The Morgan fingerprint density at radius 2 is 2.00 bits per heavy atom. The van der Waals surface area contributed by atoms with E-state index >= 15 is 0 Å². The first-order valence-electron chi connectivity index (χ1n) is 5.10. The Balaban J connectivity index is 2.22. The van der Waals surface area contributed by atoms with Gasteiger partial charge in [0.25, 0.3) is 0 Å². The summed E-state index contributed by atoms with van der Waals surface area (Å²) in [5.74, 6) is 0. The van der Waals surface area contributed by atoms with Gasteiger partial charge in [-0.05, 0) is 40.5 Å². The molecule has 0 amide bonds. The fourth-order valence-electron chi connectivity index (χ4n) is 3.10. The molecule has 1 aliphatic carbocycles. The molecule has 1 heterocycles. The zero-order valence-electron chi connectivity index (χ0n) is 8.96. The van der Waals surface area contributed by atoms with Crippen molar-refractivity contribution in [1.29, 1.82) is 5.26 Å². The number of piperidine rings is 1. The van der Waals surface area contributed by atoms with Gasteiger partial charge in [-0.1, -0.05) is 0 Å². The topological polar surface area (TPSA) is 27.0 Å². The van der Waals surface area contributed by atoms with Crippen molar-refractivity contribution < 1.29 is 0 Å². The van der Waals surface area contributed by atoms with Crippen LogP contribution in [0.3, 0.4) is 0 Å². The molecule has 3 atom stereocenters. The second-order valence-corrected chi connectivity index (χ2v) is 5.62. The number of fused-ring (bicyclic) bond motifs is 1. The first-order valence-corrected chi connectivity index (χ1v) is 5.10. The van der Waals surface area contributed by atoms with E-state index in [2.05, 4.69) is 38.7 Å². The van der Waals surface area contributed by atoms with E-state index in [0.717, 1.165) is 12.8 Å². The van der Waals surface area contributed by atoms with Crippen LogP contribution in [0, 0.1) is 16.7 Å². The fraction of sp³-hybridized carbons (Fsp3) is 0.909. The maximum absolute atomic E-state index is 9.09. The van der Waals surface area contributed by atoms with Gasteiger partial charge in [0.2, 0.25) is 0 Å². The summed E-state index contributed by atoms with van der Waals surface area (Å²) in [7, 11) is 0. The Bertz CT molecular complexity index is 271. The summed E-state index contributed by atoms with van der Waals surface area (Å²) in [5.41, 5.74) is 0.256. The van der Waals surface area contributed by atoms with E-state index in [9.17, 15) is 0 Å². The van der Waals surface area contributed by atoms with Crippen molar-refractivity contribution in [2.45, 2.75) is 58.2 Å². The molecule has 0 spiro atoms. The highest BCUT2D eigenvalue weighted by atomic mass is 15.3. The first kappa shape index (κ1) is 9.02. The highest BCUT2D eigenvalue weighted by molar-refractivity contribution is 5.27. The van der Waals surface area contributed by atoms with Gasteiger partial charge in [0.05, 0.1) is 11.5 Å². The van der Waals surface area contributed by atoms with Crippen LogP contribution in [0.15, 0.2) is 0 Å². The molecule has 2 rings (SSSR count). The molecule has 1 unspecified atom stereocenters. The molecule has 0 bridgehead atoms. The van der Waals surface area contributed by atoms with E-state index in [0.29, 0.717) is 12.1 Å². The minimum absolute atomic E-state index is 0.0344. The third-order valence-electron chi connectivity index (χ3n) is 3.50. The number of hydrogen-bond acceptors (Lipinski definition) is 2. The van der Waals surface area contributed by atoms with Gasteiger partial charge in [-0.15, -0.1) is 0 Å². The van der Waals surface area contributed by atoms with E-state index in [4.69, 9.17) is 5.26 Å². The van der Waals surface area contributed by atoms with Crippen LogP contribution in [0.1, 0.15) is 40.5 Å². The van der Waals surface area contributed by atoms with Crippen molar-refractivity contribution >= 4 is 0 Å². The summed E-state index contributed by atoms with van der Waals surface area (Å²) < 4.78 is 0. The molecule has 1 saturated heterocycles. The summed E-state index contributed by atoms with van der Waals surface area (Å²) in [5, 5.41) is 9.09. The third-order valence-corrected chi connectivity index (χ3v) is 3.50. The van der Waals surface area contributed by atoms with Crippen molar-refractivity contribution in [2.75, 3.05) is 0 Å². The third kappa shape index (κ3) is 1.10. The molecule has 0 radical (unpaired) electrons. The summed E-state index contributed by atoms with van der Waals surface area (Å²) in [4.78, 5) is 2.52. The number of likely N-dealkylation sites (tertiary alicyclic amines) is 1. The molecule has 0 N–H and O–H groups in total. The summed E-state index contributed by atoms with van der Waals surface area (Å²) in [6, 6.07) is 3.64. The van der Waals surface area contributed by atoms with Gasteiger partial charge >= 0.3 is 0 Å². The zero-order chi connectivity index (χ0) is 9.85. The van der Waals surface area contributed by atoms with Crippen molar-refractivity contribution in [1.82, 2.24) is 4.90 Å². The van der Waals surface area contributed by atoms with Crippen LogP contribution in [0.2, 0.25) is 0 Å². The van der Waals surface area contributed by atoms with Crippen LogP contribution < -0.4 is 0 Å². The van der Waals surface area contributed by atoms with Crippen LogP contribution in [0.5, 0.6) is 0 Å². The van der Waals surface area contributed by atoms with Crippen LogP contribution in [-0.4, -0.2) is 22.5 Å². The second kappa shape index (κ2) is 2.27. The van der Waals surface area contributed by atoms with E-state index in [1.165, 1.54) is 0 Å². The van der Waals surface area contributed by atoms with Crippen molar-refractivity contribution in [3.05, 3.63) is 0 Å². The molecule has 2 heteroatoms. The van der Waals surface area contributed by atoms with Crippen LogP contribution in [0.25, 0.3) is 0 Å². The SMILES string of the molecule is C[C@@H]1C[C@@]2(C#N)CC2N1C(C)(C)C. The van der Waals surface area contributed by atoms with Gasteiger partial charge in [0.15, 0.2) is 0 Å². The van der Waals surface area contributed by atoms with E-state index in [1.54, 1.807) is 0 Å². The minimum atomic E-state index is 0.0344. The summed E-state index contributed by atoms with van der Waals surface area (Å²) in [6.45, 7) is 8.98. The highest BCUT2D eigenvalue weighted by Gasteiger charge is 2.66. The van der Waals surface area contributed by atoms with Gasteiger partial charge in [-0.25, -0.2) is 0 Å². The standard InChI is InChI=1S/C11H18N2/c1-8-5-11(7-12)6-9(11)13(8)10(2,3)4/h8-9H,5-6H2,1-4H3/t8-,9?,11+/m1/s1. The van der Waals surface area contributed by atoms with Gasteiger partial charge in [-0.3, -0.25) is 4.90 Å². The molecule has 0 aromatic heterocycles. The van der Waals surface area contributed by atoms with E-state index in [1.807, 2.05) is 0 Å². The van der Waals surface area contributed by atoms with E-state index in [-0.39, 0.29) is 11.0 Å². The Labute approximate surface area is 80.5 Å². The first-order chi connectivity index (χ1) is 5.91. The average Bonchev–Trinajstić information content (AvgIpc) is 2.55. The van der Waals surface area contributed by atoms with Crippen molar-refractivity contribution in [2.24, 2.45) is 5.41 Å². The summed E-state index contributed by atoms with van der Waals surface area (Å²) >= 11 is 0. The van der Waals surface area contributed by atoms with Gasteiger partial charge < -0.3 is 0 Å². The quantitative estimate of drug-likeness (QED) is 0.568. The molecule has 2 fully saturated rings. The lowest BCUT2D eigenvalue weighted by Crippen LogP contribution is -2.45. The largest absolute Gasteiger partial charge is 0.291 e. The maximum Gasteiger partial charge on any atom is 0.0760 e. The lowest BCUT2D eigenvalue weighted by atomic mass is 10.0. The molecule has 1 saturated carbocycles. The van der Waals surface area contributed by atoms with Gasteiger partial charge in [-0.2, -0.15) is 5.26 Å². The number of hydrogen-bond donors (Lipinski definition) is 0. The average molecular weight is 178 g/mol. The van der Waals surface area contributed by atoms with Crippen LogP contribution in [0.4, 0.5) is 0 Å². The maximum atomic E-state index is 9.09. The molecule has 72 valence electrons. The predicted octanol–water partition coefficient (Wildman–Crippen LogP) is 2.16. The number of rotatable bonds is 0. The zero-order valence-corrected chi connectivity index (χ0v) is 8.96. The molecular formula is C11H18N2. The molecule has 2 aliphatic rings. The molecule has 0 aromatic rings. The minimum Gasteiger partial charge on any atom is -0.291 e. The van der Waals surface area contributed by atoms with E-state index < -0.39 is 0 Å². The lowest BCUT2D eigenvalue weighted by molar-refractivity contribution is 0.104. The van der Waals surface area contributed by atoms with Crippen LogP contribution in [-0.2, 0) is 0 Å². The summed E-state index contributed by atoms with van der Waals surface area (Å²) in [6.07, 6.45) is 2.18. The Morgan fingerprint density at radius 3 is 2.31 bits per heavy atom. The normalized spacial score (nSPS) is 44.2. The van der Waals surface area contributed by atoms with Crippen molar-refractivity contribution in [3.63, 3.8) is 0 Å². The molecular weight excluding hydrogens is 160 g/mol. The number of nitrogens with zero attached hydrogens (tertiary/aromatic N) is 2. The molecule has 1 aliphatic heterocycles. The molecule has 2 nitrogen and oxygen atoms in total. The van der Waals surface area contributed by atoms with Gasteiger partial charge in [0, 0.05) is 17.6 Å². The smallest absolute Gasteiger partial charge is 0.0760 e. The lowest BCUT2D eigenvalue weighted by Gasteiger charge is -2.37. The predicted molar refractivity (Wildman–Crippen MR) is 52.1 cm³/mol. The van der Waals surface area contributed by atoms with Crippen LogP contribution >= 0.6 is 0 Å². The molecule has 13 heavy (non-hydrogen) atoms. The Morgan fingerprint density at radius 1 is 1.38 bits per heavy atom.